The minimum Gasteiger partial charge on any atom is -0.462 e. The summed E-state index contributed by atoms with van der Waals surface area (Å²) in [6.45, 7) is 8.66. The maximum Gasteiger partial charge on any atom is 0.339 e. The minimum atomic E-state index is -0.388. The van der Waals surface area contributed by atoms with Gasteiger partial charge in [0.25, 0.3) is 0 Å². The van der Waals surface area contributed by atoms with Gasteiger partial charge in [0.2, 0.25) is 0 Å². The van der Waals surface area contributed by atoms with Crippen LogP contribution in [0.5, 0.6) is 0 Å². The molecule has 2 aromatic carbocycles. The molecule has 22 heavy (non-hydrogen) atoms. The van der Waals surface area contributed by atoms with Crippen molar-refractivity contribution in [3.05, 3.63) is 58.6 Å². The Morgan fingerprint density at radius 3 is 2.18 bits per heavy atom. The molecule has 0 unspecified atom stereocenters. The Kier molecular flexibility index (Phi) is 4.92. The number of ether oxygens (including phenoxy) is 1. The summed E-state index contributed by atoms with van der Waals surface area (Å²) in [6, 6.07) is 13.8. The monoisotopic (exact) mass is 316 g/mol. The van der Waals surface area contributed by atoms with Crippen LogP contribution < -0.4 is 0 Å². The molecule has 0 radical (unpaired) electrons. The number of hydrogen-bond donors (Lipinski definition) is 0. The van der Waals surface area contributed by atoms with Crippen LogP contribution in [-0.4, -0.2) is 12.6 Å². The Hall–Kier alpha value is -1.80. The smallest absolute Gasteiger partial charge is 0.339 e. The van der Waals surface area contributed by atoms with Crippen molar-refractivity contribution in [3.8, 4) is 11.1 Å². The second-order valence-electron chi connectivity index (χ2n) is 6.24. The van der Waals surface area contributed by atoms with Gasteiger partial charge in [0, 0.05) is 0 Å². The van der Waals surface area contributed by atoms with E-state index >= 15 is 0 Å². The number of halogens is 1. The first-order valence-electron chi connectivity index (χ1n) is 7.40. The quantitative estimate of drug-likeness (QED) is 0.701. The van der Waals surface area contributed by atoms with Crippen molar-refractivity contribution in [1.29, 1.82) is 0 Å². The zero-order chi connectivity index (χ0) is 16.3. The molecule has 0 aliphatic carbocycles. The predicted molar refractivity (Wildman–Crippen MR) is 91.5 cm³/mol. The van der Waals surface area contributed by atoms with Crippen molar-refractivity contribution in [1.82, 2.24) is 0 Å². The lowest BCUT2D eigenvalue weighted by molar-refractivity contribution is 0.0526. The second kappa shape index (κ2) is 6.53. The molecular formula is C19H21ClO2. The summed E-state index contributed by atoms with van der Waals surface area (Å²) in [5.74, 6) is -0.388. The summed E-state index contributed by atoms with van der Waals surface area (Å²) in [5.41, 5.74) is 3.80. The Bertz CT molecular complexity index is 667. The Morgan fingerprint density at radius 1 is 1.05 bits per heavy atom. The van der Waals surface area contributed by atoms with Crippen LogP contribution in [0.15, 0.2) is 42.5 Å². The van der Waals surface area contributed by atoms with Gasteiger partial charge in [-0.2, -0.15) is 0 Å². The van der Waals surface area contributed by atoms with E-state index in [-0.39, 0.29) is 11.4 Å². The van der Waals surface area contributed by atoms with E-state index in [1.165, 1.54) is 5.56 Å². The molecule has 2 aromatic rings. The third-order valence-electron chi connectivity index (χ3n) is 3.55. The molecule has 0 amide bonds. The molecule has 0 fully saturated rings. The van der Waals surface area contributed by atoms with E-state index in [9.17, 15) is 4.79 Å². The van der Waals surface area contributed by atoms with E-state index in [0.29, 0.717) is 17.2 Å². The summed E-state index contributed by atoms with van der Waals surface area (Å²) in [4.78, 5) is 11.9. The van der Waals surface area contributed by atoms with Crippen LogP contribution >= 0.6 is 11.6 Å². The number of benzene rings is 2. The maximum atomic E-state index is 11.9. The number of hydrogen-bond acceptors (Lipinski definition) is 2. The molecule has 116 valence electrons. The molecule has 0 bridgehead atoms. The van der Waals surface area contributed by atoms with Crippen molar-refractivity contribution in [2.75, 3.05) is 6.61 Å². The summed E-state index contributed by atoms with van der Waals surface area (Å²) in [6.07, 6.45) is 0. The average molecular weight is 317 g/mol. The van der Waals surface area contributed by atoms with E-state index in [2.05, 4.69) is 45.0 Å². The van der Waals surface area contributed by atoms with Crippen LogP contribution in [0.4, 0.5) is 0 Å². The molecule has 2 nitrogen and oxygen atoms in total. The van der Waals surface area contributed by atoms with Crippen molar-refractivity contribution in [3.63, 3.8) is 0 Å². The van der Waals surface area contributed by atoms with Crippen LogP contribution in [0.2, 0.25) is 5.02 Å². The third-order valence-corrected chi connectivity index (χ3v) is 3.88. The van der Waals surface area contributed by atoms with Gasteiger partial charge in [-0.05, 0) is 41.2 Å². The van der Waals surface area contributed by atoms with Crippen molar-refractivity contribution < 1.29 is 9.53 Å². The Morgan fingerprint density at radius 2 is 1.64 bits per heavy atom. The number of carbonyl (C=O) groups is 1. The fourth-order valence-electron chi connectivity index (χ4n) is 2.23. The average Bonchev–Trinajstić information content (AvgIpc) is 2.47. The van der Waals surface area contributed by atoms with Gasteiger partial charge >= 0.3 is 5.97 Å². The molecule has 0 N–H and O–H groups in total. The topological polar surface area (TPSA) is 26.3 Å². The van der Waals surface area contributed by atoms with E-state index in [1.54, 1.807) is 19.1 Å². The van der Waals surface area contributed by atoms with Crippen molar-refractivity contribution >= 4 is 17.6 Å². The Labute approximate surface area is 137 Å². The van der Waals surface area contributed by atoms with Crippen LogP contribution in [0, 0.1) is 0 Å². The van der Waals surface area contributed by atoms with Gasteiger partial charge in [-0.3, -0.25) is 0 Å². The molecule has 2 rings (SSSR count). The highest BCUT2D eigenvalue weighted by atomic mass is 35.5. The molecule has 0 aromatic heterocycles. The lowest BCUT2D eigenvalue weighted by Crippen LogP contribution is -2.10. The Balaban J connectivity index is 2.37. The van der Waals surface area contributed by atoms with Crippen molar-refractivity contribution in [2.45, 2.75) is 33.1 Å². The van der Waals surface area contributed by atoms with E-state index in [1.807, 2.05) is 6.07 Å². The second-order valence-corrected chi connectivity index (χ2v) is 6.65. The highest BCUT2D eigenvalue weighted by Crippen LogP contribution is 2.28. The van der Waals surface area contributed by atoms with Gasteiger partial charge in [0.1, 0.15) is 0 Å². The van der Waals surface area contributed by atoms with E-state index in [4.69, 9.17) is 16.3 Å². The first-order chi connectivity index (χ1) is 10.3. The van der Waals surface area contributed by atoms with Crippen LogP contribution in [0.25, 0.3) is 11.1 Å². The van der Waals surface area contributed by atoms with Gasteiger partial charge in [-0.25, -0.2) is 4.79 Å². The molecule has 0 spiro atoms. The summed E-state index contributed by atoms with van der Waals surface area (Å²) >= 11 is 6.10. The fourth-order valence-corrected chi connectivity index (χ4v) is 2.43. The maximum absolute atomic E-state index is 11.9. The van der Waals surface area contributed by atoms with Crippen molar-refractivity contribution in [2.24, 2.45) is 0 Å². The molecular weight excluding hydrogens is 296 g/mol. The molecule has 0 heterocycles. The number of rotatable bonds is 3. The lowest BCUT2D eigenvalue weighted by atomic mass is 9.86. The first-order valence-corrected chi connectivity index (χ1v) is 7.78. The van der Waals surface area contributed by atoms with Crippen LogP contribution in [-0.2, 0) is 10.2 Å². The largest absolute Gasteiger partial charge is 0.462 e. The third kappa shape index (κ3) is 3.69. The molecule has 0 saturated heterocycles. The molecule has 0 atom stereocenters. The standard InChI is InChI=1S/C19H21ClO2/c1-5-22-18(21)16-12-14(8-11-17(16)20)13-6-9-15(10-7-13)19(2,3)4/h6-12H,5H2,1-4H3. The lowest BCUT2D eigenvalue weighted by Gasteiger charge is -2.19. The summed E-state index contributed by atoms with van der Waals surface area (Å²) in [5, 5.41) is 0.411. The minimum absolute atomic E-state index is 0.120. The van der Waals surface area contributed by atoms with Gasteiger partial charge in [-0.1, -0.05) is 62.7 Å². The highest BCUT2D eigenvalue weighted by molar-refractivity contribution is 6.33. The van der Waals surface area contributed by atoms with E-state index in [0.717, 1.165) is 11.1 Å². The number of carbonyl (C=O) groups excluding carboxylic acids is 1. The first kappa shape index (κ1) is 16.6. The molecule has 3 heteroatoms. The summed E-state index contributed by atoms with van der Waals surface area (Å²) < 4.78 is 5.04. The van der Waals surface area contributed by atoms with Gasteiger partial charge in [0.15, 0.2) is 0 Å². The van der Waals surface area contributed by atoms with Gasteiger partial charge < -0.3 is 4.74 Å². The normalized spacial score (nSPS) is 11.3. The van der Waals surface area contributed by atoms with Crippen LogP contribution in [0.1, 0.15) is 43.6 Å². The van der Waals surface area contributed by atoms with Gasteiger partial charge in [0.05, 0.1) is 17.2 Å². The van der Waals surface area contributed by atoms with Crippen LogP contribution in [0.3, 0.4) is 0 Å². The van der Waals surface area contributed by atoms with Gasteiger partial charge in [-0.15, -0.1) is 0 Å². The summed E-state index contributed by atoms with van der Waals surface area (Å²) in [7, 11) is 0. The highest BCUT2D eigenvalue weighted by Gasteiger charge is 2.15. The van der Waals surface area contributed by atoms with E-state index < -0.39 is 0 Å². The number of esters is 1. The molecule has 0 aliphatic rings. The SMILES string of the molecule is CCOC(=O)c1cc(-c2ccc(C(C)(C)C)cc2)ccc1Cl. The molecule has 0 saturated carbocycles. The predicted octanol–water partition coefficient (Wildman–Crippen LogP) is 5.48. The zero-order valence-corrected chi connectivity index (χ0v) is 14.2. The fraction of sp³-hybridized carbons (Fsp3) is 0.316. The molecule has 0 aliphatic heterocycles. The zero-order valence-electron chi connectivity index (χ0n) is 13.4.